The van der Waals surface area contributed by atoms with Gasteiger partial charge >= 0.3 is 0 Å². The molecule has 0 bridgehead atoms. The zero-order chi connectivity index (χ0) is 19.0. The molecule has 0 amide bonds. The van der Waals surface area contributed by atoms with Crippen LogP contribution in [0.3, 0.4) is 0 Å². The lowest BCUT2D eigenvalue weighted by atomic mass is 10.1. The number of rotatable bonds is 5. The van der Waals surface area contributed by atoms with Crippen molar-refractivity contribution < 1.29 is 10.2 Å². The maximum absolute atomic E-state index is 8.58. The van der Waals surface area contributed by atoms with Crippen LogP contribution in [0.2, 0.25) is 0 Å². The van der Waals surface area contributed by atoms with E-state index in [1.165, 1.54) is 5.56 Å². The van der Waals surface area contributed by atoms with Crippen molar-refractivity contribution in [3.05, 3.63) is 70.8 Å². The number of aliphatic hydroxyl groups excluding tert-OH is 2. The van der Waals surface area contributed by atoms with Crippen LogP contribution in [0, 0.1) is 34.5 Å². The van der Waals surface area contributed by atoms with Gasteiger partial charge in [0.25, 0.3) is 0 Å². The molecular formula is C22H22N2O2. The molecule has 0 heterocycles. The summed E-state index contributed by atoms with van der Waals surface area (Å²) in [7, 11) is 0. The van der Waals surface area contributed by atoms with Gasteiger partial charge in [0.2, 0.25) is 0 Å². The predicted octanol–water partition coefficient (Wildman–Crippen LogP) is 3.17. The number of nitriles is 2. The van der Waals surface area contributed by atoms with Gasteiger partial charge in [-0.15, -0.1) is 0 Å². The Labute approximate surface area is 155 Å². The highest BCUT2D eigenvalue weighted by atomic mass is 16.3. The molecule has 4 heteroatoms. The van der Waals surface area contributed by atoms with Crippen molar-refractivity contribution >= 4 is 0 Å². The first-order valence-electron chi connectivity index (χ1n) is 8.43. The zero-order valence-corrected chi connectivity index (χ0v) is 14.7. The van der Waals surface area contributed by atoms with Crippen LogP contribution >= 0.6 is 0 Å². The van der Waals surface area contributed by atoms with E-state index in [1.807, 2.05) is 30.3 Å². The van der Waals surface area contributed by atoms with Gasteiger partial charge in [-0.2, -0.15) is 10.5 Å². The SMILES string of the molecule is N#Cc1ccc(C#CCCO)cc1.N#Cc1ccc(CCCCO)cc1. The van der Waals surface area contributed by atoms with Crippen LogP contribution in [0.25, 0.3) is 0 Å². The molecule has 0 unspecified atom stereocenters. The molecule has 2 aromatic rings. The van der Waals surface area contributed by atoms with E-state index in [2.05, 4.69) is 17.9 Å². The Hall–Kier alpha value is -3.10. The summed E-state index contributed by atoms with van der Waals surface area (Å²) in [6, 6.07) is 18.7. The van der Waals surface area contributed by atoms with E-state index < -0.39 is 0 Å². The molecule has 0 spiro atoms. The second-order valence-electron chi connectivity index (χ2n) is 5.45. The highest BCUT2D eigenvalue weighted by Crippen LogP contribution is 2.06. The number of nitrogens with zero attached hydrogens (tertiary/aromatic N) is 2. The number of aliphatic hydroxyl groups is 2. The largest absolute Gasteiger partial charge is 0.396 e. The smallest absolute Gasteiger partial charge is 0.0991 e. The van der Waals surface area contributed by atoms with Crippen molar-refractivity contribution in [3.63, 3.8) is 0 Å². The molecule has 0 aliphatic heterocycles. The quantitative estimate of drug-likeness (QED) is 0.643. The van der Waals surface area contributed by atoms with E-state index in [9.17, 15) is 0 Å². The van der Waals surface area contributed by atoms with Gasteiger partial charge < -0.3 is 10.2 Å². The monoisotopic (exact) mass is 346 g/mol. The van der Waals surface area contributed by atoms with Crippen molar-refractivity contribution in [1.29, 1.82) is 10.5 Å². The van der Waals surface area contributed by atoms with Gasteiger partial charge in [0.15, 0.2) is 0 Å². The summed E-state index contributed by atoms with van der Waals surface area (Å²) in [5.41, 5.74) is 3.43. The Bertz CT molecular complexity index is 786. The van der Waals surface area contributed by atoms with Crippen LogP contribution in [0.4, 0.5) is 0 Å². The second kappa shape index (κ2) is 13.2. The Morgan fingerprint density at radius 1 is 0.692 bits per heavy atom. The first kappa shape index (κ1) is 20.9. The van der Waals surface area contributed by atoms with Crippen LogP contribution in [-0.4, -0.2) is 23.4 Å². The summed E-state index contributed by atoms with van der Waals surface area (Å²) in [4.78, 5) is 0. The second-order valence-corrected chi connectivity index (χ2v) is 5.45. The average Bonchev–Trinajstić information content (AvgIpc) is 2.70. The van der Waals surface area contributed by atoms with Crippen LogP contribution in [0.15, 0.2) is 48.5 Å². The molecule has 0 fully saturated rings. The summed E-state index contributed by atoms with van der Waals surface area (Å²) in [5, 5.41) is 34.1. The molecular weight excluding hydrogens is 324 g/mol. The van der Waals surface area contributed by atoms with Gasteiger partial charge in [0.05, 0.1) is 29.9 Å². The molecule has 0 radical (unpaired) electrons. The van der Waals surface area contributed by atoms with E-state index in [1.54, 1.807) is 24.3 Å². The molecule has 2 N–H and O–H groups in total. The van der Waals surface area contributed by atoms with Crippen molar-refractivity contribution in [2.24, 2.45) is 0 Å². The number of aryl methyl sites for hydroxylation is 1. The molecule has 0 aliphatic carbocycles. The van der Waals surface area contributed by atoms with E-state index in [0.717, 1.165) is 24.8 Å². The van der Waals surface area contributed by atoms with E-state index in [0.29, 0.717) is 17.5 Å². The number of hydrogen-bond donors (Lipinski definition) is 2. The normalized spacial score (nSPS) is 8.92. The summed E-state index contributed by atoms with van der Waals surface area (Å²) in [6.07, 6.45) is 3.31. The Morgan fingerprint density at radius 2 is 1.23 bits per heavy atom. The third kappa shape index (κ3) is 8.67. The fourth-order valence-electron chi connectivity index (χ4n) is 2.04. The molecule has 4 nitrogen and oxygen atoms in total. The minimum absolute atomic E-state index is 0.0866. The number of benzene rings is 2. The summed E-state index contributed by atoms with van der Waals surface area (Å²) < 4.78 is 0. The lowest BCUT2D eigenvalue weighted by Crippen LogP contribution is -1.88. The highest BCUT2D eigenvalue weighted by molar-refractivity contribution is 5.39. The highest BCUT2D eigenvalue weighted by Gasteiger charge is 1.93. The standard InChI is InChI=1S/C11H13NO.C11H9NO/c2*12-9-11-6-4-10(5-7-11)3-1-2-8-13/h4-7,13H,1-3,8H2;4-7,13H,2,8H2. The molecule has 0 aromatic heterocycles. The Morgan fingerprint density at radius 3 is 1.73 bits per heavy atom. The fourth-order valence-corrected chi connectivity index (χ4v) is 2.04. The molecule has 0 saturated carbocycles. The minimum atomic E-state index is 0.0866. The molecule has 2 aromatic carbocycles. The fraction of sp³-hybridized carbons (Fsp3) is 0.273. The van der Waals surface area contributed by atoms with Gasteiger partial charge in [0, 0.05) is 18.6 Å². The van der Waals surface area contributed by atoms with Gasteiger partial charge in [0.1, 0.15) is 0 Å². The van der Waals surface area contributed by atoms with E-state index in [4.69, 9.17) is 20.7 Å². The van der Waals surface area contributed by atoms with Crippen molar-refractivity contribution in [1.82, 2.24) is 0 Å². The first-order chi connectivity index (χ1) is 12.7. The maximum atomic E-state index is 8.58. The Kier molecular flexibility index (Phi) is 10.6. The van der Waals surface area contributed by atoms with E-state index >= 15 is 0 Å². The zero-order valence-electron chi connectivity index (χ0n) is 14.7. The van der Waals surface area contributed by atoms with Gasteiger partial charge in [-0.3, -0.25) is 0 Å². The predicted molar refractivity (Wildman–Crippen MR) is 101 cm³/mol. The maximum Gasteiger partial charge on any atom is 0.0991 e. The summed E-state index contributed by atoms with van der Waals surface area (Å²) >= 11 is 0. The van der Waals surface area contributed by atoms with Gasteiger partial charge in [-0.25, -0.2) is 0 Å². The molecule has 2 rings (SSSR count). The van der Waals surface area contributed by atoms with Gasteiger partial charge in [-0.05, 0) is 61.2 Å². The number of unbranched alkanes of at least 4 members (excludes halogenated alkanes) is 1. The molecule has 26 heavy (non-hydrogen) atoms. The molecule has 0 aliphatic rings. The molecule has 0 saturated heterocycles. The van der Waals surface area contributed by atoms with Crippen molar-refractivity contribution in [2.45, 2.75) is 25.7 Å². The lowest BCUT2D eigenvalue weighted by Gasteiger charge is -1.99. The average molecular weight is 346 g/mol. The van der Waals surface area contributed by atoms with Gasteiger partial charge in [-0.1, -0.05) is 24.0 Å². The minimum Gasteiger partial charge on any atom is -0.396 e. The van der Waals surface area contributed by atoms with Crippen molar-refractivity contribution in [3.8, 4) is 24.0 Å². The third-order valence-electron chi connectivity index (χ3n) is 3.44. The van der Waals surface area contributed by atoms with Crippen LogP contribution < -0.4 is 0 Å². The summed E-state index contributed by atoms with van der Waals surface area (Å²) in [6.45, 7) is 0.347. The van der Waals surface area contributed by atoms with E-state index in [-0.39, 0.29) is 13.2 Å². The topological polar surface area (TPSA) is 88.0 Å². The third-order valence-corrected chi connectivity index (χ3v) is 3.44. The molecule has 0 atom stereocenters. The number of hydrogen-bond acceptors (Lipinski definition) is 4. The van der Waals surface area contributed by atoms with Crippen molar-refractivity contribution in [2.75, 3.05) is 13.2 Å². The molecule has 132 valence electrons. The summed E-state index contributed by atoms with van der Waals surface area (Å²) in [5.74, 6) is 5.68. The van der Waals surface area contributed by atoms with Crippen LogP contribution in [0.1, 0.15) is 41.5 Å². The lowest BCUT2D eigenvalue weighted by molar-refractivity contribution is 0.284. The van der Waals surface area contributed by atoms with Crippen LogP contribution in [-0.2, 0) is 6.42 Å². The van der Waals surface area contributed by atoms with Crippen LogP contribution in [0.5, 0.6) is 0 Å². The Balaban J connectivity index is 0.000000260. The first-order valence-corrected chi connectivity index (χ1v) is 8.43.